The van der Waals surface area contributed by atoms with E-state index in [-0.39, 0.29) is 0 Å². The second kappa shape index (κ2) is 6.37. The van der Waals surface area contributed by atoms with E-state index in [1.54, 1.807) is 11.3 Å². The first-order chi connectivity index (χ1) is 9.81. The Kier molecular flexibility index (Phi) is 4.33. The predicted octanol–water partition coefficient (Wildman–Crippen LogP) is 3.34. The smallest absolute Gasteiger partial charge is 0.107 e. The van der Waals surface area contributed by atoms with E-state index >= 15 is 0 Å². The summed E-state index contributed by atoms with van der Waals surface area (Å²) in [5.74, 6) is 0. The number of hydrogen-bond donors (Lipinski definition) is 1. The fraction of sp³-hybridized carbons (Fsp3) is 0.438. The van der Waals surface area contributed by atoms with Crippen LogP contribution < -0.4 is 10.2 Å². The number of aryl methyl sites for hydroxylation is 1. The number of thiazole rings is 1. The van der Waals surface area contributed by atoms with E-state index in [4.69, 9.17) is 0 Å². The molecule has 2 heterocycles. The molecule has 0 unspecified atom stereocenters. The highest BCUT2D eigenvalue weighted by molar-refractivity contribution is 7.11. The first-order valence-electron chi connectivity index (χ1n) is 7.27. The summed E-state index contributed by atoms with van der Waals surface area (Å²) in [5.41, 5.74) is 2.70. The van der Waals surface area contributed by atoms with Gasteiger partial charge in [-0.3, -0.25) is 0 Å². The van der Waals surface area contributed by atoms with Gasteiger partial charge in [0.25, 0.3) is 0 Å². The Balaban J connectivity index is 1.50. The molecule has 3 rings (SSSR count). The summed E-state index contributed by atoms with van der Waals surface area (Å²) in [6.07, 6.45) is 4.60. The summed E-state index contributed by atoms with van der Waals surface area (Å²) < 4.78 is 0. The minimum Gasteiger partial charge on any atom is -0.372 e. The highest BCUT2D eigenvalue weighted by Crippen LogP contribution is 2.20. The number of nitrogens with zero attached hydrogens (tertiary/aromatic N) is 2. The van der Waals surface area contributed by atoms with E-state index in [1.165, 1.54) is 42.1 Å². The highest BCUT2D eigenvalue weighted by Gasteiger charge is 2.11. The van der Waals surface area contributed by atoms with Crippen LogP contribution in [0.1, 0.15) is 28.3 Å². The third kappa shape index (κ3) is 3.38. The molecule has 2 aromatic rings. The SMILES string of the molecule is Cc1cnc(CNCc2ccc(N3CCCC3)cc2)s1. The number of benzene rings is 1. The number of aromatic nitrogens is 1. The monoisotopic (exact) mass is 287 g/mol. The maximum atomic E-state index is 4.36. The molecule has 4 heteroatoms. The molecule has 1 aromatic heterocycles. The average Bonchev–Trinajstić information content (AvgIpc) is 3.11. The first kappa shape index (κ1) is 13.6. The Morgan fingerprint density at radius 1 is 1.15 bits per heavy atom. The molecule has 3 nitrogen and oxygen atoms in total. The molecule has 1 aliphatic heterocycles. The minimum absolute atomic E-state index is 0.854. The topological polar surface area (TPSA) is 28.2 Å². The van der Waals surface area contributed by atoms with Crippen molar-refractivity contribution in [1.82, 2.24) is 10.3 Å². The van der Waals surface area contributed by atoms with Crippen molar-refractivity contribution in [3.63, 3.8) is 0 Å². The van der Waals surface area contributed by atoms with Crippen LogP contribution >= 0.6 is 11.3 Å². The van der Waals surface area contributed by atoms with E-state index < -0.39 is 0 Å². The summed E-state index contributed by atoms with van der Waals surface area (Å²) in [5, 5.41) is 4.62. The van der Waals surface area contributed by atoms with Crippen molar-refractivity contribution in [2.45, 2.75) is 32.9 Å². The normalized spacial score (nSPS) is 14.9. The molecule has 1 fully saturated rings. The molecule has 0 atom stereocenters. The second-order valence-corrected chi connectivity index (χ2v) is 6.65. The summed E-state index contributed by atoms with van der Waals surface area (Å²) >= 11 is 1.76. The van der Waals surface area contributed by atoms with E-state index in [2.05, 4.69) is 46.4 Å². The van der Waals surface area contributed by atoms with Crippen molar-refractivity contribution >= 4 is 17.0 Å². The number of anilines is 1. The number of nitrogens with one attached hydrogen (secondary N) is 1. The molecule has 1 aromatic carbocycles. The molecule has 1 saturated heterocycles. The van der Waals surface area contributed by atoms with E-state index in [1.807, 2.05) is 6.20 Å². The fourth-order valence-electron chi connectivity index (χ4n) is 2.60. The molecule has 106 valence electrons. The van der Waals surface area contributed by atoms with Gasteiger partial charge in [-0.1, -0.05) is 12.1 Å². The van der Waals surface area contributed by atoms with Crippen molar-refractivity contribution in [3.8, 4) is 0 Å². The molecule has 0 saturated carbocycles. The highest BCUT2D eigenvalue weighted by atomic mass is 32.1. The Labute approximate surface area is 124 Å². The molecule has 1 aliphatic rings. The number of hydrogen-bond acceptors (Lipinski definition) is 4. The maximum absolute atomic E-state index is 4.36. The predicted molar refractivity (Wildman–Crippen MR) is 85.3 cm³/mol. The van der Waals surface area contributed by atoms with Crippen molar-refractivity contribution in [1.29, 1.82) is 0 Å². The molecule has 0 amide bonds. The zero-order valence-electron chi connectivity index (χ0n) is 11.9. The van der Waals surface area contributed by atoms with Crippen LogP contribution in [-0.4, -0.2) is 18.1 Å². The van der Waals surface area contributed by atoms with Gasteiger partial charge in [0.1, 0.15) is 5.01 Å². The van der Waals surface area contributed by atoms with Crippen LogP contribution in [0.2, 0.25) is 0 Å². The van der Waals surface area contributed by atoms with Gasteiger partial charge in [0, 0.05) is 42.9 Å². The van der Waals surface area contributed by atoms with Crippen molar-refractivity contribution in [3.05, 3.63) is 45.9 Å². The van der Waals surface area contributed by atoms with Crippen LogP contribution in [0, 0.1) is 6.92 Å². The summed E-state index contributed by atoms with van der Waals surface area (Å²) in [7, 11) is 0. The molecule has 1 N–H and O–H groups in total. The standard InChI is InChI=1S/C16H21N3S/c1-13-10-18-16(20-13)12-17-11-14-4-6-15(7-5-14)19-8-2-3-9-19/h4-7,10,17H,2-3,8-9,11-12H2,1H3. The number of rotatable bonds is 5. The quantitative estimate of drug-likeness (QED) is 0.914. The van der Waals surface area contributed by atoms with Crippen LogP contribution in [0.5, 0.6) is 0 Å². The summed E-state index contributed by atoms with van der Waals surface area (Å²) in [6.45, 7) is 6.27. The maximum Gasteiger partial charge on any atom is 0.107 e. The molecule has 20 heavy (non-hydrogen) atoms. The third-order valence-corrected chi connectivity index (χ3v) is 4.59. The van der Waals surface area contributed by atoms with Gasteiger partial charge in [-0.2, -0.15) is 0 Å². The van der Waals surface area contributed by atoms with Gasteiger partial charge >= 0.3 is 0 Å². The Morgan fingerprint density at radius 2 is 1.90 bits per heavy atom. The lowest BCUT2D eigenvalue weighted by Gasteiger charge is -2.17. The van der Waals surface area contributed by atoms with Crippen molar-refractivity contribution < 1.29 is 0 Å². The summed E-state index contributed by atoms with van der Waals surface area (Å²) in [6, 6.07) is 8.95. The molecule has 0 spiro atoms. The Morgan fingerprint density at radius 3 is 2.55 bits per heavy atom. The Hall–Kier alpha value is -1.39. The zero-order chi connectivity index (χ0) is 13.8. The van der Waals surface area contributed by atoms with Gasteiger partial charge in [-0.05, 0) is 37.5 Å². The largest absolute Gasteiger partial charge is 0.372 e. The Bertz CT molecular complexity index is 541. The summed E-state index contributed by atoms with van der Waals surface area (Å²) in [4.78, 5) is 8.11. The molecular formula is C16H21N3S. The van der Waals surface area contributed by atoms with Gasteiger partial charge in [0.05, 0.1) is 0 Å². The second-order valence-electron chi connectivity index (χ2n) is 5.33. The molecular weight excluding hydrogens is 266 g/mol. The lowest BCUT2D eigenvalue weighted by Crippen LogP contribution is -2.17. The van der Waals surface area contributed by atoms with E-state index in [9.17, 15) is 0 Å². The van der Waals surface area contributed by atoms with Gasteiger partial charge in [-0.25, -0.2) is 4.98 Å². The first-order valence-corrected chi connectivity index (χ1v) is 8.09. The third-order valence-electron chi connectivity index (χ3n) is 3.68. The van der Waals surface area contributed by atoms with Crippen LogP contribution in [-0.2, 0) is 13.1 Å². The van der Waals surface area contributed by atoms with E-state index in [0.29, 0.717) is 0 Å². The molecule has 0 radical (unpaired) electrons. The lowest BCUT2D eigenvalue weighted by atomic mass is 10.2. The van der Waals surface area contributed by atoms with Crippen LogP contribution in [0.4, 0.5) is 5.69 Å². The fourth-order valence-corrected chi connectivity index (χ4v) is 3.35. The zero-order valence-corrected chi connectivity index (χ0v) is 12.7. The minimum atomic E-state index is 0.854. The van der Waals surface area contributed by atoms with Crippen molar-refractivity contribution in [2.24, 2.45) is 0 Å². The van der Waals surface area contributed by atoms with Gasteiger partial charge in [0.15, 0.2) is 0 Å². The van der Waals surface area contributed by atoms with Crippen LogP contribution in [0.25, 0.3) is 0 Å². The van der Waals surface area contributed by atoms with Crippen molar-refractivity contribution in [2.75, 3.05) is 18.0 Å². The molecule has 0 aliphatic carbocycles. The van der Waals surface area contributed by atoms with E-state index in [0.717, 1.165) is 18.1 Å². The average molecular weight is 287 g/mol. The van der Waals surface area contributed by atoms with Crippen LogP contribution in [0.15, 0.2) is 30.5 Å². The van der Waals surface area contributed by atoms with Crippen LogP contribution in [0.3, 0.4) is 0 Å². The van der Waals surface area contributed by atoms with Gasteiger partial charge < -0.3 is 10.2 Å². The lowest BCUT2D eigenvalue weighted by molar-refractivity contribution is 0.690. The van der Waals surface area contributed by atoms with Gasteiger partial charge in [0.2, 0.25) is 0 Å². The molecule has 0 bridgehead atoms. The van der Waals surface area contributed by atoms with Gasteiger partial charge in [-0.15, -0.1) is 11.3 Å².